The topological polar surface area (TPSA) is 65.4 Å². The SMILES string of the molecule is COc1ccccc1C(=O)NCc1nc2ccccc2n1CCCCOc1c(C)cccc1C. The number of carbonyl (C=O) groups is 1. The second-order valence-electron chi connectivity index (χ2n) is 8.33. The van der Waals surface area contributed by atoms with Gasteiger partial charge in [0.25, 0.3) is 5.91 Å². The van der Waals surface area contributed by atoms with E-state index in [0.29, 0.717) is 24.5 Å². The quantitative estimate of drug-likeness (QED) is 0.322. The lowest BCUT2D eigenvalue weighted by atomic mass is 10.1. The lowest BCUT2D eigenvalue weighted by Gasteiger charge is -2.13. The molecule has 0 aliphatic rings. The van der Waals surface area contributed by atoms with Gasteiger partial charge in [0.15, 0.2) is 0 Å². The van der Waals surface area contributed by atoms with Gasteiger partial charge in [-0.3, -0.25) is 4.79 Å². The standard InChI is InChI=1S/C28H31N3O3/c1-20-11-10-12-21(2)27(20)34-18-9-8-17-31-24-15-6-5-14-23(24)30-26(31)19-29-28(32)22-13-4-7-16-25(22)33-3/h4-7,10-16H,8-9,17-19H2,1-3H3,(H,29,32). The summed E-state index contributed by atoms with van der Waals surface area (Å²) in [5, 5.41) is 3.00. The van der Waals surface area contributed by atoms with Crippen molar-refractivity contribution in [1.82, 2.24) is 14.9 Å². The van der Waals surface area contributed by atoms with E-state index in [-0.39, 0.29) is 5.91 Å². The molecule has 4 rings (SSSR count). The van der Waals surface area contributed by atoms with E-state index in [0.717, 1.165) is 53.1 Å². The maximum Gasteiger partial charge on any atom is 0.255 e. The Balaban J connectivity index is 1.40. The average Bonchev–Trinajstić information content (AvgIpc) is 3.21. The van der Waals surface area contributed by atoms with E-state index in [4.69, 9.17) is 14.5 Å². The molecule has 6 heteroatoms. The van der Waals surface area contributed by atoms with Crippen molar-refractivity contribution < 1.29 is 14.3 Å². The van der Waals surface area contributed by atoms with E-state index < -0.39 is 0 Å². The Kier molecular flexibility index (Phi) is 7.48. The van der Waals surface area contributed by atoms with E-state index in [1.165, 1.54) is 0 Å². The summed E-state index contributed by atoms with van der Waals surface area (Å²) in [6, 6.07) is 21.5. The average molecular weight is 458 g/mol. The van der Waals surface area contributed by atoms with Gasteiger partial charge in [-0.1, -0.05) is 42.5 Å². The summed E-state index contributed by atoms with van der Waals surface area (Å²) in [6.45, 7) is 5.95. The number of para-hydroxylation sites is 4. The summed E-state index contributed by atoms with van der Waals surface area (Å²) in [7, 11) is 1.57. The molecule has 0 aliphatic carbocycles. The van der Waals surface area contributed by atoms with Gasteiger partial charge in [0, 0.05) is 6.54 Å². The van der Waals surface area contributed by atoms with E-state index in [1.807, 2.05) is 30.3 Å². The fourth-order valence-corrected chi connectivity index (χ4v) is 4.17. The number of methoxy groups -OCH3 is 1. The van der Waals surface area contributed by atoms with Crippen LogP contribution in [-0.2, 0) is 13.1 Å². The van der Waals surface area contributed by atoms with Crippen molar-refractivity contribution in [3.63, 3.8) is 0 Å². The Morgan fingerprint density at radius 1 is 0.941 bits per heavy atom. The number of ether oxygens (including phenoxy) is 2. The Bertz CT molecular complexity index is 1260. The molecule has 0 unspecified atom stereocenters. The molecular weight excluding hydrogens is 426 g/mol. The van der Waals surface area contributed by atoms with Crippen molar-refractivity contribution in [1.29, 1.82) is 0 Å². The molecule has 1 aromatic heterocycles. The highest BCUT2D eigenvalue weighted by Crippen LogP contribution is 2.23. The van der Waals surface area contributed by atoms with Crippen LogP contribution in [-0.4, -0.2) is 29.2 Å². The van der Waals surface area contributed by atoms with Crippen LogP contribution < -0.4 is 14.8 Å². The molecule has 1 heterocycles. The minimum atomic E-state index is -0.182. The van der Waals surface area contributed by atoms with Gasteiger partial charge in [-0.05, 0) is 62.1 Å². The van der Waals surface area contributed by atoms with Gasteiger partial charge in [-0.25, -0.2) is 4.98 Å². The first kappa shape index (κ1) is 23.4. The number of nitrogens with one attached hydrogen (secondary N) is 1. The molecule has 4 aromatic rings. The second-order valence-corrected chi connectivity index (χ2v) is 8.33. The minimum Gasteiger partial charge on any atom is -0.496 e. The van der Waals surface area contributed by atoms with Crippen LogP contribution in [0.25, 0.3) is 11.0 Å². The van der Waals surface area contributed by atoms with E-state index in [1.54, 1.807) is 19.2 Å². The first-order valence-electron chi connectivity index (χ1n) is 11.6. The van der Waals surface area contributed by atoms with Crippen molar-refractivity contribution in [2.24, 2.45) is 0 Å². The van der Waals surface area contributed by atoms with Crippen LogP contribution in [0.3, 0.4) is 0 Å². The molecule has 0 atom stereocenters. The van der Waals surface area contributed by atoms with Crippen LogP contribution in [0, 0.1) is 13.8 Å². The van der Waals surface area contributed by atoms with Crippen molar-refractivity contribution in [3.05, 3.63) is 89.2 Å². The second kappa shape index (κ2) is 10.9. The Morgan fingerprint density at radius 3 is 2.47 bits per heavy atom. The molecule has 176 valence electrons. The molecule has 0 radical (unpaired) electrons. The van der Waals surface area contributed by atoms with Gasteiger partial charge in [-0.2, -0.15) is 0 Å². The number of nitrogens with zero attached hydrogens (tertiary/aromatic N) is 2. The molecular formula is C28H31N3O3. The smallest absolute Gasteiger partial charge is 0.255 e. The zero-order valence-corrected chi connectivity index (χ0v) is 20.0. The number of fused-ring (bicyclic) bond motifs is 1. The minimum absolute atomic E-state index is 0.182. The third-order valence-corrected chi connectivity index (χ3v) is 5.92. The van der Waals surface area contributed by atoms with Gasteiger partial charge in [0.05, 0.1) is 36.9 Å². The highest BCUT2D eigenvalue weighted by Gasteiger charge is 2.15. The molecule has 0 spiro atoms. The first-order valence-corrected chi connectivity index (χ1v) is 11.6. The summed E-state index contributed by atoms with van der Waals surface area (Å²) in [5.41, 5.74) is 4.83. The molecule has 6 nitrogen and oxygen atoms in total. The number of amides is 1. The van der Waals surface area contributed by atoms with Gasteiger partial charge >= 0.3 is 0 Å². The van der Waals surface area contributed by atoms with Crippen LogP contribution in [0.4, 0.5) is 0 Å². The molecule has 0 aliphatic heterocycles. The number of aryl methyl sites for hydroxylation is 3. The van der Waals surface area contributed by atoms with Crippen molar-refractivity contribution in [2.75, 3.05) is 13.7 Å². The fourth-order valence-electron chi connectivity index (χ4n) is 4.17. The zero-order valence-electron chi connectivity index (χ0n) is 20.0. The molecule has 0 fully saturated rings. The van der Waals surface area contributed by atoms with Crippen molar-refractivity contribution in [3.8, 4) is 11.5 Å². The van der Waals surface area contributed by atoms with Crippen molar-refractivity contribution in [2.45, 2.75) is 39.8 Å². The molecule has 1 amide bonds. The number of hydrogen-bond donors (Lipinski definition) is 1. The summed E-state index contributed by atoms with van der Waals surface area (Å²) in [5.74, 6) is 2.19. The number of imidazole rings is 1. The number of benzene rings is 3. The molecule has 0 saturated carbocycles. The summed E-state index contributed by atoms with van der Waals surface area (Å²) in [6.07, 6.45) is 1.87. The molecule has 1 N–H and O–H groups in total. The van der Waals surface area contributed by atoms with E-state index >= 15 is 0 Å². The van der Waals surface area contributed by atoms with Gasteiger partial charge in [0.2, 0.25) is 0 Å². The Labute approximate surface area is 200 Å². The normalized spacial score (nSPS) is 10.9. The van der Waals surface area contributed by atoms with Gasteiger partial charge in [-0.15, -0.1) is 0 Å². The van der Waals surface area contributed by atoms with Crippen LogP contribution in [0.15, 0.2) is 66.7 Å². The highest BCUT2D eigenvalue weighted by molar-refractivity contribution is 5.96. The lowest BCUT2D eigenvalue weighted by molar-refractivity contribution is 0.0946. The first-order chi connectivity index (χ1) is 16.6. The van der Waals surface area contributed by atoms with E-state index in [9.17, 15) is 4.79 Å². The van der Waals surface area contributed by atoms with Crippen LogP contribution in [0.2, 0.25) is 0 Å². The maximum atomic E-state index is 12.8. The van der Waals surface area contributed by atoms with Crippen LogP contribution in [0.5, 0.6) is 11.5 Å². The van der Waals surface area contributed by atoms with Crippen LogP contribution >= 0.6 is 0 Å². The summed E-state index contributed by atoms with van der Waals surface area (Å²) in [4.78, 5) is 17.5. The van der Waals surface area contributed by atoms with Gasteiger partial charge in [0.1, 0.15) is 17.3 Å². The molecule has 0 saturated heterocycles. The Morgan fingerprint density at radius 2 is 1.68 bits per heavy atom. The maximum absolute atomic E-state index is 12.8. The number of aromatic nitrogens is 2. The predicted molar refractivity (Wildman–Crippen MR) is 135 cm³/mol. The van der Waals surface area contributed by atoms with E-state index in [2.05, 4.69) is 48.0 Å². The van der Waals surface area contributed by atoms with Gasteiger partial charge < -0.3 is 19.4 Å². The number of unbranched alkanes of at least 4 members (excludes halogenated alkanes) is 1. The molecule has 0 bridgehead atoms. The number of hydrogen-bond acceptors (Lipinski definition) is 4. The fraction of sp³-hybridized carbons (Fsp3) is 0.286. The summed E-state index contributed by atoms with van der Waals surface area (Å²) < 4.78 is 13.6. The van der Waals surface area contributed by atoms with Crippen molar-refractivity contribution >= 4 is 16.9 Å². The third-order valence-electron chi connectivity index (χ3n) is 5.92. The van der Waals surface area contributed by atoms with Crippen LogP contribution in [0.1, 0.15) is 40.2 Å². The predicted octanol–water partition coefficient (Wildman–Crippen LogP) is 5.45. The zero-order chi connectivity index (χ0) is 23.9. The number of carbonyl (C=O) groups excluding carboxylic acids is 1. The third kappa shape index (κ3) is 5.22. The Hall–Kier alpha value is -3.80. The molecule has 3 aromatic carbocycles. The molecule has 34 heavy (non-hydrogen) atoms. The lowest BCUT2D eigenvalue weighted by Crippen LogP contribution is -2.25. The highest BCUT2D eigenvalue weighted by atomic mass is 16.5. The number of rotatable bonds is 10. The largest absolute Gasteiger partial charge is 0.496 e. The summed E-state index contributed by atoms with van der Waals surface area (Å²) >= 11 is 0. The monoisotopic (exact) mass is 457 g/mol.